The van der Waals surface area contributed by atoms with Crippen LogP contribution in [0.15, 0.2) is 17.2 Å². The van der Waals surface area contributed by atoms with E-state index in [1.807, 2.05) is 0 Å². The number of alkyl halides is 12. The van der Waals surface area contributed by atoms with Crippen molar-refractivity contribution in [3.63, 3.8) is 0 Å². The van der Waals surface area contributed by atoms with Crippen molar-refractivity contribution < 1.29 is 52.7 Å². The smallest absolute Gasteiger partial charge is 0.204 e. The molecule has 2 aromatic heterocycles. The second-order valence-electron chi connectivity index (χ2n) is 10.5. The number of nitriles is 7. The first-order valence-electron chi connectivity index (χ1n) is 13.8. The minimum atomic E-state index is -5.73. The third kappa shape index (κ3) is 6.19. The molecule has 2 heterocycles. The lowest BCUT2D eigenvalue weighted by atomic mass is 9.86. The van der Waals surface area contributed by atoms with Crippen molar-refractivity contribution >= 4 is 33.4 Å². The Bertz CT molecular complexity index is 2670. The largest absolute Gasteiger partial charge is 0.451 e. The SMILES string of the molecule is N#CC(C#N)=C1C(c2nc(C(F)(F)F)nc(C(F)(F)F)n2)=C(C#N)c2c1cc1c(c2C#N)C(=C(C#N)C#N)C(c2nc(C(F)(F)F)nc(C(F)(F)F)n2)=C1C#N. The minimum Gasteiger partial charge on any atom is -0.204 e. The van der Waals surface area contributed by atoms with E-state index in [-0.39, 0.29) is 0 Å². The van der Waals surface area contributed by atoms with Crippen LogP contribution >= 0.6 is 0 Å². The van der Waals surface area contributed by atoms with Crippen LogP contribution in [0.3, 0.4) is 0 Å². The van der Waals surface area contributed by atoms with Gasteiger partial charge in [0.05, 0.1) is 16.7 Å². The van der Waals surface area contributed by atoms with Crippen molar-refractivity contribution in [1.29, 1.82) is 36.8 Å². The van der Waals surface area contributed by atoms with Crippen LogP contribution in [0.2, 0.25) is 0 Å². The standard InChI is InChI=1S/C31HF12N13/c32-28(33,34)24-51-22(52-25(55-24)29(35,36)37)20-13(6-48)11-1-12-16(9(2-44)3-45)21(23-53-26(30(38,39)40)56-27(54-23)31(41,42)43)15(8-50)18(12)14(7-49)19(11)17(20)10(4-46)5-47/h1H. The molecule has 0 N–H and O–H groups in total. The quantitative estimate of drug-likeness (QED) is 0.199. The number of allylic oxidation sites excluding steroid dienone is 8. The molecule has 0 saturated carbocycles. The third-order valence-electron chi connectivity index (χ3n) is 7.38. The summed E-state index contributed by atoms with van der Waals surface area (Å²) in [5.41, 5.74) is -13.7. The molecule has 13 nitrogen and oxygen atoms in total. The van der Waals surface area contributed by atoms with E-state index in [1.54, 1.807) is 0 Å². The van der Waals surface area contributed by atoms with E-state index in [9.17, 15) is 89.5 Å². The van der Waals surface area contributed by atoms with Gasteiger partial charge in [-0.25, -0.2) is 29.9 Å². The number of hydrogen-bond acceptors (Lipinski definition) is 13. The van der Waals surface area contributed by atoms with E-state index >= 15 is 0 Å². The Balaban J connectivity index is 2.04. The van der Waals surface area contributed by atoms with E-state index in [4.69, 9.17) is 0 Å². The van der Waals surface area contributed by atoms with Gasteiger partial charge < -0.3 is 0 Å². The highest BCUT2D eigenvalue weighted by Crippen LogP contribution is 2.56. The van der Waals surface area contributed by atoms with Crippen LogP contribution in [-0.4, -0.2) is 29.9 Å². The van der Waals surface area contributed by atoms with Gasteiger partial charge in [-0.15, -0.1) is 0 Å². The van der Waals surface area contributed by atoms with Crippen LogP contribution in [0.5, 0.6) is 0 Å². The Kier molecular flexibility index (Phi) is 9.07. The predicted molar refractivity (Wildman–Crippen MR) is 152 cm³/mol. The number of nitrogens with zero attached hydrogens (tertiary/aromatic N) is 13. The Hall–Kier alpha value is -8.21. The van der Waals surface area contributed by atoms with Crippen LogP contribution in [-0.2, 0) is 24.7 Å². The monoisotopic (exact) mass is 783 g/mol. The highest BCUT2D eigenvalue weighted by atomic mass is 19.4. The van der Waals surface area contributed by atoms with Gasteiger partial charge in [0.25, 0.3) is 0 Å². The number of aromatic nitrogens is 6. The van der Waals surface area contributed by atoms with E-state index in [2.05, 4.69) is 29.9 Å². The minimum absolute atomic E-state index is 0.616. The van der Waals surface area contributed by atoms with Crippen LogP contribution in [0.1, 0.15) is 62.8 Å². The molecule has 2 aliphatic rings. The number of halogens is 12. The van der Waals surface area contributed by atoms with E-state index < -0.39 is 132 Å². The maximum absolute atomic E-state index is 13.8. The molecule has 0 aliphatic heterocycles. The number of rotatable bonds is 2. The highest BCUT2D eigenvalue weighted by molar-refractivity contribution is 6.30. The van der Waals surface area contributed by atoms with Gasteiger partial charge in [-0.2, -0.15) is 89.5 Å². The van der Waals surface area contributed by atoms with Gasteiger partial charge in [0.2, 0.25) is 23.3 Å². The van der Waals surface area contributed by atoms with Crippen LogP contribution in [0.25, 0.3) is 33.4 Å². The van der Waals surface area contributed by atoms with Gasteiger partial charge >= 0.3 is 24.7 Å². The molecule has 0 unspecified atom stereocenters. The molecule has 1 aromatic carbocycles. The molecule has 0 radical (unpaired) electrons. The zero-order valence-electron chi connectivity index (χ0n) is 25.9. The second-order valence-corrected chi connectivity index (χ2v) is 10.5. The van der Waals surface area contributed by atoms with Crippen molar-refractivity contribution in [3.8, 4) is 42.5 Å². The van der Waals surface area contributed by atoms with Crippen LogP contribution < -0.4 is 0 Å². The molecule has 0 fully saturated rings. The average molecular weight is 783 g/mol. The fourth-order valence-corrected chi connectivity index (χ4v) is 5.42. The summed E-state index contributed by atoms with van der Waals surface area (Å²) in [5.74, 6) is -13.2. The molecule has 56 heavy (non-hydrogen) atoms. The van der Waals surface area contributed by atoms with Crippen molar-refractivity contribution in [2.24, 2.45) is 0 Å². The van der Waals surface area contributed by atoms with Crippen LogP contribution in [0.4, 0.5) is 52.7 Å². The fourth-order valence-electron chi connectivity index (χ4n) is 5.42. The molecular formula is C31HF12N13. The number of hydrogen-bond donors (Lipinski definition) is 0. The zero-order valence-corrected chi connectivity index (χ0v) is 25.9. The van der Waals surface area contributed by atoms with E-state index in [0.717, 1.165) is 0 Å². The van der Waals surface area contributed by atoms with Crippen molar-refractivity contribution in [2.45, 2.75) is 24.7 Å². The number of benzene rings is 1. The van der Waals surface area contributed by atoms with Gasteiger partial charge in [0.15, 0.2) is 11.6 Å². The van der Waals surface area contributed by atoms with Crippen molar-refractivity contribution in [3.05, 3.63) is 80.0 Å². The summed E-state index contributed by atoms with van der Waals surface area (Å²) in [6.07, 6.45) is -22.9. The third-order valence-corrected chi connectivity index (χ3v) is 7.38. The molecular weight excluding hydrogens is 782 g/mol. The molecule has 5 rings (SSSR count). The van der Waals surface area contributed by atoms with Crippen molar-refractivity contribution in [2.75, 3.05) is 0 Å². The predicted octanol–water partition coefficient (Wildman–Crippen LogP) is 6.50. The molecule has 274 valence electrons. The van der Waals surface area contributed by atoms with Gasteiger partial charge in [0.1, 0.15) is 53.6 Å². The van der Waals surface area contributed by atoms with Gasteiger partial charge in [-0.3, -0.25) is 0 Å². The van der Waals surface area contributed by atoms with Crippen molar-refractivity contribution in [1.82, 2.24) is 29.9 Å². The Morgan fingerprint density at radius 3 is 1.11 bits per heavy atom. The summed E-state index contributed by atoms with van der Waals surface area (Å²) in [7, 11) is 0. The summed E-state index contributed by atoms with van der Waals surface area (Å²) < 4.78 is 165. The molecule has 3 aromatic rings. The topological polar surface area (TPSA) is 244 Å². The maximum atomic E-state index is 13.8. The summed E-state index contributed by atoms with van der Waals surface area (Å²) in [5, 5.41) is 70.3. The summed E-state index contributed by atoms with van der Waals surface area (Å²) in [6.45, 7) is 0. The lowest BCUT2D eigenvalue weighted by Crippen LogP contribution is -2.21. The Labute approximate surface area is 300 Å². The summed E-state index contributed by atoms with van der Waals surface area (Å²) in [4.78, 5) is 16.6. The Morgan fingerprint density at radius 2 is 0.786 bits per heavy atom. The fraction of sp³-hybridized carbons (Fsp3) is 0.129. The molecule has 2 aliphatic carbocycles. The van der Waals surface area contributed by atoms with Gasteiger partial charge in [0, 0.05) is 39.0 Å². The Morgan fingerprint density at radius 1 is 0.429 bits per heavy atom. The highest BCUT2D eigenvalue weighted by Gasteiger charge is 2.47. The van der Waals surface area contributed by atoms with E-state index in [0.29, 0.717) is 6.07 Å². The first-order chi connectivity index (χ1) is 26.0. The zero-order chi connectivity index (χ0) is 41.9. The first-order valence-corrected chi connectivity index (χ1v) is 13.8. The first kappa shape index (κ1) is 39.0. The molecule has 0 saturated heterocycles. The molecule has 0 amide bonds. The molecule has 0 atom stereocenters. The summed E-state index contributed by atoms with van der Waals surface area (Å²) >= 11 is 0. The lowest BCUT2D eigenvalue weighted by Gasteiger charge is -2.14. The van der Waals surface area contributed by atoms with Gasteiger partial charge in [-0.1, -0.05) is 0 Å². The molecule has 25 heteroatoms. The van der Waals surface area contributed by atoms with E-state index in [1.165, 1.54) is 42.5 Å². The normalized spacial score (nSPS) is 13.7. The number of fused-ring (bicyclic) bond motifs is 2. The van der Waals surface area contributed by atoms with Gasteiger partial charge in [-0.05, 0) is 11.6 Å². The summed E-state index contributed by atoms with van der Waals surface area (Å²) in [6, 6.07) is 9.96. The molecule has 0 spiro atoms. The second kappa shape index (κ2) is 13.0. The van der Waals surface area contributed by atoms with Crippen LogP contribution in [0, 0.1) is 79.3 Å². The lowest BCUT2D eigenvalue weighted by molar-refractivity contribution is -0.156. The average Bonchev–Trinajstić information content (AvgIpc) is 3.62. The molecule has 0 bridgehead atoms. The maximum Gasteiger partial charge on any atom is 0.451 e.